The molecular formula is C20H26FN3O2. The van der Waals surface area contributed by atoms with Gasteiger partial charge in [0.05, 0.1) is 18.9 Å². The summed E-state index contributed by atoms with van der Waals surface area (Å²) < 4.78 is 25.1. The van der Waals surface area contributed by atoms with Crippen molar-refractivity contribution in [3.8, 4) is 5.75 Å². The molecule has 1 aromatic heterocycles. The molecule has 2 N–H and O–H groups in total. The highest BCUT2D eigenvalue weighted by Crippen LogP contribution is 2.30. The Morgan fingerprint density at radius 3 is 2.88 bits per heavy atom. The maximum atomic E-state index is 14.3. The van der Waals surface area contributed by atoms with Crippen molar-refractivity contribution >= 4 is 5.96 Å². The largest absolute Gasteiger partial charge is 0.490 e. The number of rotatable bonds is 8. The molecule has 0 aliphatic heterocycles. The first-order valence-corrected chi connectivity index (χ1v) is 9.07. The minimum Gasteiger partial charge on any atom is -0.490 e. The molecule has 0 radical (unpaired) electrons. The Kier molecular flexibility index (Phi) is 6.15. The van der Waals surface area contributed by atoms with E-state index in [2.05, 4.69) is 15.6 Å². The second-order valence-corrected chi connectivity index (χ2v) is 6.64. The molecule has 0 saturated heterocycles. The summed E-state index contributed by atoms with van der Waals surface area (Å²) >= 11 is 0. The van der Waals surface area contributed by atoms with Crippen LogP contribution in [-0.2, 0) is 6.42 Å². The molecular weight excluding hydrogens is 333 g/mol. The van der Waals surface area contributed by atoms with Crippen LogP contribution < -0.4 is 15.4 Å². The number of hydrogen-bond acceptors (Lipinski definition) is 3. The third-order valence-corrected chi connectivity index (χ3v) is 4.45. The first-order chi connectivity index (χ1) is 12.7. The molecule has 1 unspecified atom stereocenters. The van der Waals surface area contributed by atoms with Gasteiger partial charge in [-0.1, -0.05) is 6.07 Å². The number of nitrogens with one attached hydrogen (secondary N) is 2. The van der Waals surface area contributed by atoms with E-state index in [1.54, 1.807) is 19.4 Å². The minimum absolute atomic E-state index is 0.0863. The zero-order valence-electron chi connectivity index (χ0n) is 15.3. The van der Waals surface area contributed by atoms with Gasteiger partial charge in [0.25, 0.3) is 0 Å². The molecule has 26 heavy (non-hydrogen) atoms. The molecule has 1 atom stereocenters. The van der Waals surface area contributed by atoms with Crippen LogP contribution in [0.2, 0.25) is 0 Å². The molecule has 5 nitrogen and oxygen atoms in total. The summed E-state index contributed by atoms with van der Waals surface area (Å²) in [6.45, 7) is 3.28. The van der Waals surface area contributed by atoms with Gasteiger partial charge in [0, 0.05) is 20.0 Å². The minimum atomic E-state index is -0.322. The highest BCUT2D eigenvalue weighted by atomic mass is 19.1. The van der Waals surface area contributed by atoms with E-state index in [1.807, 2.05) is 25.1 Å². The van der Waals surface area contributed by atoms with Gasteiger partial charge in [-0.3, -0.25) is 4.99 Å². The number of aliphatic imine (C=N–C) groups is 1. The Morgan fingerprint density at radius 1 is 1.38 bits per heavy atom. The normalized spacial score (nSPS) is 15.6. The van der Waals surface area contributed by atoms with Crippen LogP contribution in [0.5, 0.6) is 5.75 Å². The van der Waals surface area contributed by atoms with Gasteiger partial charge in [-0.15, -0.1) is 0 Å². The predicted octanol–water partition coefficient (Wildman–Crippen LogP) is 3.68. The fourth-order valence-electron chi connectivity index (χ4n) is 2.64. The van der Waals surface area contributed by atoms with Crippen molar-refractivity contribution in [2.45, 2.75) is 32.2 Å². The van der Waals surface area contributed by atoms with Crippen molar-refractivity contribution in [1.29, 1.82) is 0 Å². The molecule has 1 fully saturated rings. The van der Waals surface area contributed by atoms with E-state index < -0.39 is 0 Å². The number of hydrogen-bond donors (Lipinski definition) is 2. The second kappa shape index (κ2) is 8.74. The summed E-state index contributed by atoms with van der Waals surface area (Å²) in [6, 6.07) is 8.84. The fraction of sp³-hybridized carbons (Fsp3) is 0.450. The first kappa shape index (κ1) is 18.3. The van der Waals surface area contributed by atoms with Crippen molar-refractivity contribution in [2.75, 3.05) is 20.2 Å². The molecule has 1 saturated carbocycles. The first-order valence-electron chi connectivity index (χ1n) is 9.07. The monoisotopic (exact) mass is 359 g/mol. The van der Waals surface area contributed by atoms with Gasteiger partial charge in [0.1, 0.15) is 5.76 Å². The van der Waals surface area contributed by atoms with Gasteiger partial charge in [-0.25, -0.2) is 4.39 Å². The van der Waals surface area contributed by atoms with Gasteiger partial charge in [0.15, 0.2) is 17.5 Å². The molecule has 1 aliphatic rings. The van der Waals surface area contributed by atoms with Crippen LogP contribution in [0.4, 0.5) is 4.39 Å². The van der Waals surface area contributed by atoms with Crippen molar-refractivity contribution < 1.29 is 13.5 Å². The molecule has 1 aromatic carbocycles. The predicted molar refractivity (Wildman–Crippen MR) is 99.9 cm³/mol. The van der Waals surface area contributed by atoms with Crippen LogP contribution >= 0.6 is 0 Å². The van der Waals surface area contributed by atoms with Crippen LogP contribution in [0.25, 0.3) is 0 Å². The number of halogens is 1. The van der Waals surface area contributed by atoms with Crippen molar-refractivity contribution in [1.82, 2.24) is 10.6 Å². The zero-order chi connectivity index (χ0) is 18.4. The topological polar surface area (TPSA) is 58.8 Å². The van der Waals surface area contributed by atoms with E-state index in [4.69, 9.17) is 9.15 Å². The summed E-state index contributed by atoms with van der Waals surface area (Å²) in [5.41, 5.74) is 0.843. The number of ether oxygens (including phenoxy) is 1. The van der Waals surface area contributed by atoms with E-state index in [1.165, 1.54) is 18.9 Å². The molecule has 1 aliphatic carbocycles. The number of nitrogens with zero attached hydrogens (tertiary/aromatic N) is 1. The lowest BCUT2D eigenvalue weighted by atomic mass is 10.1. The van der Waals surface area contributed by atoms with Crippen molar-refractivity contribution in [3.05, 3.63) is 53.7 Å². The molecule has 0 amide bonds. The van der Waals surface area contributed by atoms with Gasteiger partial charge in [-0.2, -0.15) is 0 Å². The van der Waals surface area contributed by atoms with Gasteiger partial charge < -0.3 is 19.8 Å². The molecule has 1 heterocycles. The fourth-order valence-corrected chi connectivity index (χ4v) is 2.64. The summed E-state index contributed by atoms with van der Waals surface area (Å²) in [6.07, 6.45) is 4.81. The molecule has 140 valence electrons. The highest BCUT2D eigenvalue weighted by Gasteiger charge is 2.22. The molecule has 0 bridgehead atoms. The standard InChI is InChI=1S/C20H26FN3O2/c1-14(24-20(22-2)23-10-9-17-4-3-11-25-17)16-7-8-19(18(21)12-16)26-13-15-5-6-15/h3-4,7-8,11-12,14-15H,5-6,9-10,13H2,1-2H3,(H2,22,23,24). The third-order valence-electron chi connectivity index (χ3n) is 4.45. The summed E-state index contributed by atoms with van der Waals surface area (Å²) in [5.74, 6) is 2.19. The van der Waals surface area contributed by atoms with Crippen molar-refractivity contribution in [3.63, 3.8) is 0 Å². The summed E-state index contributed by atoms with van der Waals surface area (Å²) in [7, 11) is 1.71. The molecule has 0 spiro atoms. The van der Waals surface area contributed by atoms with Crippen LogP contribution in [0.1, 0.15) is 37.1 Å². The lowest BCUT2D eigenvalue weighted by Crippen LogP contribution is -2.39. The Bertz CT molecular complexity index is 727. The second-order valence-electron chi connectivity index (χ2n) is 6.64. The van der Waals surface area contributed by atoms with Crippen molar-refractivity contribution in [2.24, 2.45) is 10.9 Å². The Hall–Kier alpha value is -2.50. The van der Waals surface area contributed by atoms with E-state index in [9.17, 15) is 4.39 Å². The van der Waals surface area contributed by atoms with Crippen LogP contribution in [0, 0.1) is 11.7 Å². The van der Waals surface area contributed by atoms with E-state index in [0.29, 0.717) is 30.8 Å². The number of benzene rings is 1. The van der Waals surface area contributed by atoms with Gasteiger partial charge >= 0.3 is 0 Å². The highest BCUT2D eigenvalue weighted by molar-refractivity contribution is 5.80. The Balaban J connectivity index is 1.50. The maximum Gasteiger partial charge on any atom is 0.191 e. The van der Waals surface area contributed by atoms with Crippen LogP contribution in [0.15, 0.2) is 46.0 Å². The summed E-state index contributed by atoms with van der Waals surface area (Å²) in [5, 5.41) is 6.51. The van der Waals surface area contributed by atoms with Gasteiger partial charge in [-0.05, 0) is 55.5 Å². The van der Waals surface area contributed by atoms with E-state index >= 15 is 0 Å². The quantitative estimate of drug-likeness (QED) is 0.558. The Morgan fingerprint density at radius 2 is 2.23 bits per heavy atom. The molecule has 3 rings (SSSR count). The average molecular weight is 359 g/mol. The molecule has 2 aromatic rings. The average Bonchev–Trinajstić information content (AvgIpc) is 3.33. The lowest BCUT2D eigenvalue weighted by Gasteiger charge is -2.19. The Labute approximate surface area is 153 Å². The third kappa shape index (κ3) is 5.25. The number of guanidine groups is 1. The zero-order valence-corrected chi connectivity index (χ0v) is 15.3. The van der Waals surface area contributed by atoms with Gasteiger partial charge in [0.2, 0.25) is 0 Å². The maximum absolute atomic E-state index is 14.3. The van der Waals surface area contributed by atoms with E-state index in [-0.39, 0.29) is 11.9 Å². The molecule has 6 heteroatoms. The van der Waals surface area contributed by atoms with Crippen LogP contribution in [0.3, 0.4) is 0 Å². The SMILES string of the molecule is CN=C(NCCc1ccco1)NC(C)c1ccc(OCC2CC2)c(F)c1. The number of furan rings is 1. The lowest BCUT2D eigenvalue weighted by molar-refractivity contribution is 0.285. The van der Waals surface area contributed by atoms with E-state index in [0.717, 1.165) is 17.7 Å². The smallest absolute Gasteiger partial charge is 0.191 e. The summed E-state index contributed by atoms with van der Waals surface area (Å²) in [4.78, 5) is 4.21. The van der Waals surface area contributed by atoms with Crippen LogP contribution in [-0.4, -0.2) is 26.2 Å².